The maximum absolute atomic E-state index is 12.6. The Labute approximate surface area is 148 Å². The van der Waals surface area contributed by atoms with Gasteiger partial charge in [0.1, 0.15) is 5.69 Å². The number of carbonyl (C=O) groups excluding carboxylic acids is 1. The summed E-state index contributed by atoms with van der Waals surface area (Å²) in [5.74, 6) is -0.495. The molecule has 1 amide bonds. The summed E-state index contributed by atoms with van der Waals surface area (Å²) in [6.45, 7) is 1.41. The molecule has 26 heavy (non-hydrogen) atoms. The maximum Gasteiger partial charge on any atom is 0.416 e. The molecule has 0 aliphatic carbocycles. The SMILES string of the molecule is O=C(Nc1ccc(C(F)(F)F)cc1)c1cc(NCC2CCCO2)ccn1. The van der Waals surface area contributed by atoms with Gasteiger partial charge in [-0.15, -0.1) is 0 Å². The van der Waals surface area contributed by atoms with Gasteiger partial charge in [-0.05, 0) is 49.2 Å². The Balaban J connectivity index is 1.61. The van der Waals surface area contributed by atoms with Gasteiger partial charge >= 0.3 is 6.18 Å². The molecule has 2 N–H and O–H groups in total. The van der Waals surface area contributed by atoms with Crippen LogP contribution in [0.4, 0.5) is 24.5 Å². The minimum atomic E-state index is -4.41. The molecule has 2 heterocycles. The normalized spacial score (nSPS) is 17.1. The van der Waals surface area contributed by atoms with Crippen LogP contribution >= 0.6 is 0 Å². The van der Waals surface area contributed by atoms with Crippen LogP contribution < -0.4 is 10.6 Å². The highest BCUT2D eigenvalue weighted by molar-refractivity contribution is 6.03. The van der Waals surface area contributed by atoms with Crippen LogP contribution in [-0.4, -0.2) is 30.1 Å². The van der Waals surface area contributed by atoms with Gasteiger partial charge in [0.05, 0.1) is 11.7 Å². The lowest BCUT2D eigenvalue weighted by Crippen LogP contribution is -2.19. The van der Waals surface area contributed by atoms with Gasteiger partial charge in [0.2, 0.25) is 0 Å². The Hall–Kier alpha value is -2.61. The number of nitrogens with zero attached hydrogens (tertiary/aromatic N) is 1. The summed E-state index contributed by atoms with van der Waals surface area (Å²) in [5.41, 5.74) is 0.395. The number of rotatable bonds is 5. The lowest BCUT2D eigenvalue weighted by molar-refractivity contribution is -0.137. The third-order valence-electron chi connectivity index (χ3n) is 4.02. The third kappa shape index (κ3) is 4.72. The highest BCUT2D eigenvalue weighted by Crippen LogP contribution is 2.29. The van der Waals surface area contributed by atoms with E-state index in [0.29, 0.717) is 6.54 Å². The topological polar surface area (TPSA) is 63.2 Å². The number of nitrogens with one attached hydrogen (secondary N) is 2. The molecule has 8 heteroatoms. The summed E-state index contributed by atoms with van der Waals surface area (Å²) in [6, 6.07) is 7.59. The van der Waals surface area contributed by atoms with Gasteiger partial charge in [0.15, 0.2) is 0 Å². The van der Waals surface area contributed by atoms with Gasteiger partial charge in [-0.3, -0.25) is 9.78 Å². The number of aromatic nitrogens is 1. The third-order valence-corrected chi connectivity index (χ3v) is 4.02. The number of alkyl halides is 3. The molecule has 0 saturated carbocycles. The summed E-state index contributed by atoms with van der Waals surface area (Å²) in [4.78, 5) is 16.3. The second-order valence-electron chi connectivity index (χ2n) is 5.97. The van der Waals surface area contributed by atoms with Crippen LogP contribution in [0.2, 0.25) is 0 Å². The van der Waals surface area contributed by atoms with E-state index in [9.17, 15) is 18.0 Å². The number of hydrogen-bond acceptors (Lipinski definition) is 4. The summed E-state index contributed by atoms with van der Waals surface area (Å²) in [5, 5.41) is 5.74. The van der Waals surface area contributed by atoms with Crippen molar-refractivity contribution in [3.8, 4) is 0 Å². The second kappa shape index (κ2) is 7.74. The van der Waals surface area contributed by atoms with Crippen molar-refractivity contribution < 1.29 is 22.7 Å². The summed E-state index contributed by atoms with van der Waals surface area (Å²) in [6.07, 6.45) is -0.706. The molecule has 2 aromatic rings. The first-order valence-electron chi connectivity index (χ1n) is 8.22. The fourth-order valence-electron chi connectivity index (χ4n) is 2.64. The van der Waals surface area contributed by atoms with E-state index in [0.717, 1.165) is 37.3 Å². The van der Waals surface area contributed by atoms with E-state index < -0.39 is 17.6 Å². The van der Waals surface area contributed by atoms with Crippen molar-refractivity contribution in [1.29, 1.82) is 0 Å². The van der Waals surface area contributed by atoms with Gasteiger partial charge < -0.3 is 15.4 Å². The fraction of sp³-hybridized carbons (Fsp3) is 0.333. The lowest BCUT2D eigenvalue weighted by atomic mass is 10.2. The average Bonchev–Trinajstić information content (AvgIpc) is 3.13. The number of amides is 1. The van der Waals surface area contributed by atoms with E-state index in [1.807, 2.05) is 0 Å². The molecule has 1 atom stereocenters. The van der Waals surface area contributed by atoms with Crippen LogP contribution in [0, 0.1) is 0 Å². The Morgan fingerprint density at radius 1 is 1.19 bits per heavy atom. The van der Waals surface area contributed by atoms with E-state index >= 15 is 0 Å². The van der Waals surface area contributed by atoms with Crippen molar-refractivity contribution in [2.75, 3.05) is 23.8 Å². The first-order chi connectivity index (χ1) is 12.4. The molecule has 0 radical (unpaired) electrons. The van der Waals surface area contributed by atoms with E-state index in [1.165, 1.54) is 18.3 Å². The number of carbonyl (C=O) groups is 1. The number of ether oxygens (including phenoxy) is 1. The minimum Gasteiger partial charge on any atom is -0.382 e. The average molecular weight is 365 g/mol. The predicted octanol–water partition coefficient (Wildman–Crippen LogP) is 3.94. The first-order valence-corrected chi connectivity index (χ1v) is 8.22. The van der Waals surface area contributed by atoms with E-state index in [-0.39, 0.29) is 17.5 Å². The molecule has 1 aliphatic rings. The summed E-state index contributed by atoms with van der Waals surface area (Å²) >= 11 is 0. The van der Waals surface area contributed by atoms with Crippen LogP contribution in [0.5, 0.6) is 0 Å². The van der Waals surface area contributed by atoms with Crippen LogP contribution in [0.25, 0.3) is 0 Å². The number of anilines is 2. The van der Waals surface area contributed by atoms with Crippen molar-refractivity contribution in [1.82, 2.24) is 4.98 Å². The number of hydrogen-bond donors (Lipinski definition) is 2. The predicted molar refractivity (Wildman–Crippen MR) is 91.1 cm³/mol. The van der Waals surface area contributed by atoms with Gasteiger partial charge in [0, 0.05) is 30.7 Å². The fourth-order valence-corrected chi connectivity index (χ4v) is 2.64. The van der Waals surface area contributed by atoms with Crippen LogP contribution in [0.1, 0.15) is 28.9 Å². The Morgan fingerprint density at radius 2 is 1.96 bits per heavy atom. The molecule has 3 rings (SSSR count). The van der Waals surface area contributed by atoms with E-state index in [2.05, 4.69) is 15.6 Å². The molecule has 1 unspecified atom stereocenters. The van der Waals surface area contributed by atoms with Crippen molar-refractivity contribution >= 4 is 17.3 Å². The van der Waals surface area contributed by atoms with Crippen molar-refractivity contribution in [2.24, 2.45) is 0 Å². The molecule has 138 valence electrons. The highest BCUT2D eigenvalue weighted by atomic mass is 19.4. The van der Waals surface area contributed by atoms with E-state index in [1.54, 1.807) is 12.1 Å². The number of halogens is 3. The zero-order chi connectivity index (χ0) is 18.6. The van der Waals surface area contributed by atoms with Crippen molar-refractivity contribution in [2.45, 2.75) is 25.1 Å². The maximum atomic E-state index is 12.6. The Morgan fingerprint density at radius 3 is 2.62 bits per heavy atom. The number of benzene rings is 1. The quantitative estimate of drug-likeness (QED) is 0.842. The molecular weight excluding hydrogens is 347 g/mol. The molecule has 1 fully saturated rings. The van der Waals surface area contributed by atoms with E-state index in [4.69, 9.17) is 4.74 Å². The highest BCUT2D eigenvalue weighted by Gasteiger charge is 2.30. The molecule has 1 saturated heterocycles. The molecular formula is C18H18F3N3O2. The molecule has 1 aliphatic heterocycles. The summed E-state index contributed by atoms with van der Waals surface area (Å²) < 4.78 is 43.2. The Kier molecular flexibility index (Phi) is 5.41. The van der Waals surface area contributed by atoms with Gasteiger partial charge in [-0.25, -0.2) is 0 Å². The van der Waals surface area contributed by atoms with Crippen molar-refractivity contribution in [3.63, 3.8) is 0 Å². The molecule has 5 nitrogen and oxygen atoms in total. The minimum absolute atomic E-state index is 0.160. The lowest BCUT2D eigenvalue weighted by Gasteiger charge is -2.12. The molecule has 0 bridgehead atoms. The number of pyridine rings is 1. The van der Waals surface area contributed by atoms with Crippen molar-refractivity contribution in [3.05, 3.63) is 53.9 Å². The molecule has 0 spiro atoms. The largest absolute Gasteiger partial charge is 0.416 e. The summed E-state index contributed by atoms with van der Waals surface area (Å²) in [7, 11) is 0. The van der Waals surface area contributed by atoms with Gasteiger partial charge in [-0.1, -0.05) is 0 Å². The molecule has 1 aromatic heterocycles. The zero-order valence-electron chi connectivity index (χ0n) is 13.8. The second-order valence-corrected chi connectivity index (χ2v) is 5.97. The van der Waals surface area contributed by atoms with Crippen LogP contribution in [0.15, 0.2) is 42.6 Å². The molecule has 1 aromatic carbocycles. The first kappa shape index (κ1) is 18.2. The van der Waals surface area contributed by atoms with Crippen LogP contribution in [-0.2, 0) is 10.9 Å². The zero-order valence-corrected chi connectivity index (χ0v) is 13.8. The standard InChI is InChI=1S/C18H18F3N3O2/c19-18(20,21)12-3-5-13(6-4-12)24-17(25)16-10-14(7-8-22-16)23-11-15-2-1-9-26-15/h3-8,10,15H,1-2,9,11H2,(H,22,23)(H,24,25). The van der Waals surface area contributed by atoms with Gasteiger partial charge in [-0.2, -0.15) is 13.2 Å². The van der Waals surface area contributed by atoms with Crippen LogP contribution in [0.3, 0.4) is 0 Å². The van der Waals surface area contributed by atoms with Gasteiger partial charge in [0.25, 0.3) is 5.91 Å². The Bertz CT molecular complexity index is 757. The monoisotopic (exact) mass is 365 g/mol. The smallest absolute Gasteiger partial charge is 0.382 e.